The Bertz CT molecular complexity index is 458. The first-order valence-corrected chi connectivity index (χ1v) is 8.87. The molecule has 1 aliphatic heterocycles. The molecule has 3 rings (SSSR count). The van der Waals surface area contributed by atoms with Gasteiger partial charge in [-0.3, -0.25) is 0 Å². The molecule has 1 saturated carbocycles. The Morgan fingerprint density at radius 3 is 2.68 bits per heavy atom. The van der Waals surface area contributed by atoms with Crippen LogP contribution in [0.3, 0.4) is 0 Å². The fourth-order valence-corrected chi connectivity index (χ4v) is 5.19. The second-order valence-electron chi connectivity index (χ2n) is 5.88. The molecule has 6 heteroatoms. The molecule has 0 spiro atoms. The van der Waals surface area contributed by atoms with Crippen LogP contribution in [0.4, 0.5) is 0 Å². The summed E-state index contributed by atoms with van der Waals surface area (Å²) in [4.78, 5) is 4.59. The highest BCUT2D eigenvalue weighted by Crippen LogP contribution is 2.46. The van der Waals surface area contributed by atoms with Gasteiger partial charge in [0.15, 0.2) is 5.82 Å². The molecule has 2 heterocycles. The van der Waals surface area contributed by atoms with E-state index in [9.17, 15) is 0 Å². The van der Waals surface area contributed by atoms with Crippen LogP contribution >= 0.6 is 23.5 Å². The maximum Gasteiger partial charge on any atom is 0.246 e. The normalized spacial score (nSPS) is 35.1. The van der Waals surface area contributed by atoms with E-state index in [2.05, 4.69) is 24.0 Å². The number of hydrogen-bond acceptors (Lipinski definition) is 6. The Kier molecular flexibility index (Phi) is 3.60. The van der Waals surface area contributed by atoms with Gasteiger partial charge in [0.05, 0.1) is 10.8 Å². The number of nitrogens with two attached hydrogens (primary N) is 1. The molecule has 0 amide bonds. The van der Waals surface area contributed by atoms with Gasteiger partial charge in [0.25, 0.3) is 0 Å². The summed E-state index contributed by atoms with van der Waals surface area (Å²) in [6.07, 6.45) is 2.35. The minimum absolute atomic E-state index is 0.337. The fourth-order valence-electron chi connectivity index (χ4n) is 2.36. The predicted molar refractivity (Wildman–Crippen MR) is 80.3 cm³/mol. The molecular formula is C13H21N3OS2. The van der Waals surface area contributed by atoms with E-state index in [-0.39, 0.29) is 0 Å². The third-order valence-corrected chi connectivity index (χ3v) is 7.55. The summed E-state index contributed by atoms with van der Waals surface area (Å²) in [5.41, 5.74) is 5.88. The summed E-state index contributed by atoms with van der Waals surface area (Å²) in [6.45, 7) is 6.56. The van der Waals surface area contributed by atoms with Crippen molar-refractivity contribution in [1.82, 2.24) is 10.1 Å². The molecule has 0 radical (unpaired) electrons. The molecule has 1 aliphatic carbocycles. The molecule has 1 aromatic heterocycles. The average Bonchev–Trinajstić information content (AvgIpc) is 3.11. The molecule has 1 aromatic rings. The lowest BCUT2D eigenvalue weighted by molar-refractivity contribution is 0.272. The van der Waals surface area contributed by atoms with Gasteiger partial charge in [-0.2, -0.15) is 16.7 Å². The van der Waals surface area contributed by atoms with Crippen LogP contribution in [0.15, 0.2) is 4.52 Å². The van der Waals surface area contributed by atoms with Crippen molar-refractivity contribution in [1.29, 1.82) is 0 Å². The SMILES string of the molecule is CC1SCC(c2noc(C(C)(N)C3CC3)n2)SC1C. The molecule has 4 atom stereocenters. The van der Waals surface area contributed by atoms with Gasteiger partial charge < -0.3 is 10.3 Å². The number of aromatic nitrogens is 2. The van der Waals surface area contributed by atoms with Crippen LogP contribution in [0.5, 0.6) is 0 Å². The lowest BCUT2D eigenvalue weighted by Crippen LogP contribution is -2.35. The zero-order valence-corrected chi connectivity index (χ0v) is 13.3. The Morgan fingerprint density at radius 1 is 1.32 bits per heavy atom. The molecule has 2 N–H and O–H groups in total. The molecule has 4 nitrogen and oxygen atoms in total. The van der Waals surface area contributed by atoms with E-state index in [4.69, 9.17) is 10.3 Å². The van der Waals surface area contributed by atoms with Gasteiger partial charge >= 0.3 is 0 Å². The van der Waals surface area contributed by atoms with Crippen molar-refractivity contribution in [2.45, 2.75) is 54.9 Å². The molecule has 0 bridgehead atoms. The van der Waals surface area contributed by atoms with Crippen LogP contribution in [0.25, 0.3) is 0 Å². The van der Waals surface area contributed by atoms with Crippen molar-refractivity contribution in [2.24, 2.45) is 11.7 Å². The topological polar surface area (TPSA) is 64.9 Å². The largest absolute Gasteiger partial charge is 0.337 e. The quantitative estimate of drug-likeness (QED) is 0.925. The van der Waals surface area contributed by atoms with Gasteiger partial charge in [0, 0.05) is 16.3 Å². The van der Waals surface area contributed by atoms with Gasteiger partial charge in [0.2, 0.25) is 5.89 Å². The van der Waals surface area contributed by atoms with E-state index in [1.54, 1.807) is 0 Å². The van der Waals surface area contributed by atoms with Gasteiger partial charge in [0.1, 0.15) is 0 Å². The monoisotopic (exact) mass is 299 g/mol. The number of nitrogens with zero attached hydrogens (tertiary/aromatic N) is 2. The standard InChI is InChI=1S/C13H21N3OS2/c1-7-8(2)19-10(6-18-7)11-15-12(17-16-11)13(3,14)9-4-5-9/h7-10H,4-6,14H2,1-3H3. The molecule has 4 unspecified atom stereocenters. The van der Waals surface area contributed by atoms with E-state index >= 15 is 0 Å². The predicted octanol–water partition coefficient (Wildman–Crippen LogP) is 2.95. The summed E-state index contributed by atoms with van der Waals surface area (Å²) < 4.78 is 5.44. The summed E-state index contributed by atoms with van der Waals surface area (Å²) >= 11 is 3.94. The molecule has 1 saturated heterocycles. The van der Waals surface area contributed by atoms with Gasteiger partial charge in [-0.1, -0.05) is 19.0 Å². The van der Waals surface area contributed by atoms with E-state index in [0.29, 0.717) is 27.6 Å². The summed E-state index contributed by atoms with van der Waals surface area (Å²) in [5.74, 6) is 3.00. The van der Waals surface area contributed by atoms with Crippen LogP contribution < -0.4 is 5.73 Å². The fraction of sp³-hybridized carbons (Fsp3) is 0.846. The Morgan fingerprint density at radius 2 is 2.05 bits per heavy atom. The first-order chi connectivity index (χ1) is 8.98. The highest BCUT2D eigenvalue weighted by atomic mass is 32.2. The molecule has 19 heavy (non-hydrogen) atoms. The van der Waals surface area contributed by atoms with Crippen LogP contribution in [-0.4, -0.2) is 26.4 Å². The second kappa shape index (κ2) is 4.97. The second-order valence-corrected chi connectivity index (χ2v) is 8.88. The highest BCUT2D eigenvalue weighted by Gasteiger charge is 2.44. The van der Waals surface area contributed by atoms with Gasteiger partial charge in [-0.15, -0.1) is 11.8 Å². The summed E-state index contributed by atoms with van der Waals surface area (Å²) in [6, 6.07) is 0. The van der Waals surface area contributed by atoms with E-state index in [1.165, 1.54) is 12.8 Å². The zero-order valence-electron chi connectivity index (χ0n) is 11.6. The van der Waals surface area contributed by atoms with Crippen molar-refractivity contribution in [2.75, 3.05) is 5.75 Å². The van der Waals surface area contributed by atoms with Crippen molar-refractivity contribution >= 4 is 23.5 Å². The summed E-state index contributed by atoms with van der Waals surface area (Å²) in [7, 11) is 0. The Hall–Kier alpha value is -0.200. The average molecular weight is 299 g/mol. The van der Waals surface area contributed by atoms with Crippen LogP contribution in [0.1, 0.15) is 50.6 Å². The molecule has 2 fully saturated rings. The minimum atomic E-state index is -0.448. The van der Waals surface area contributed by atoms with Crippen molar-refractivity contribution in [3.05, 3.63) is 11.7 Å². The van der Waals surface area contributed by atoms with Gasteiger partial charge in [-0.25, -0.2) is 0 Å². The molecule has 2 aliphatic rings. The first-order valence-electron chi connectivity index (χ1n) is 6.88. The number of hydrogen-bond donors (Lipinski definition) is 1. The zero-order chi connectivity index (χ0) is 13.6. The van der Waals surface area contributed by atoms with Crippen molar-refractivity contribution < 1.29 is 4.52 Å². The maximum absolute atomic E-state index is 6.33. The lowest BCUT2D eigenvalue weighted by atomic mass is 9.97. The minimum Gasteiger partial charge on any atom is -0.337 e. The third kappa shape index (κ3) is 2.67. The smallest absolute Gasteiger partial charge is 0.246 e. The Labute approximate surface area is 122 Å². The lowest BCUT2D eigenvalue weighted by Gasteiger charge is -2.29. The van der Waals surface area contributed by atoms with E-state index in [1.807, 2.05) is 30.4 Å². The number of thioether (sulfide) groups is 2. The summed E-state index contributed by atoms with van der Waals surface area (Å²) in [5, 5.41) is 5.83. The van der Waals surface area contributed by atoms with Crippen LogP contribution in [0, 0.1) is 5.92 Å². The van der Waals surface area contributed by atoms with Crippen LogP contribution in [-0.2, 0) is 5.54 Å². The third-order valence-electron chi connectivity index (χ3n) is 4.17. The van der Waals surface area contributed by atoms with Gasteiger partial charge in [-0.05, 0) is 25.7 Å². The highest BCUT2D eigenvalue weighted by molar-refractivity contribution is 8.07. The number of rotatable bonds is 3. The Balaban J connectivity index is 1.74. The van der Waals surface area contributed by atoms with E-state index < -0.39 is 5.54 Å². The van der Waals surface area contributed by atoms with Crippen molar-refractivity contribution in [3.63, 3.8) is 0 Å². The van der Waals surface area contributed by atoms with Crippen molar-refractivity contribution in [3.8, 4) is 0 Å². The molecular weight excluding hydrogens is 278 g/mol. The van der Waals surface area contributed by atoms with Crippen LogP contribution in [0.2, 0.25) is 0 Å². The maximum atomic E-state index is 6.33. The van der Waals surface area contributed by atoms with E-state index in [0.717, 1.165) is 11.6 Å². The molecule has 106 valence electrons. The first kappa shape index (κ1) is 13.8. The molecule has 0 aromatic carbocycles.